The van der Waals surface area contributed by atoms with Gasteiger partial charge in [-0.25, -0.2) is 9.67 Å². The standard InChI is InChI=1S/C29H31N5O3/c1-19-9-10-25(26(35)13-19)33-16-24-23(29(33)36)7-4-8-27(24)37-18-22-6-3-5-21(14-22)15-32-11-12-34-28(17-32)30-20(2)31-34/h3-8,14,25H,1,9-13,15-18H2,2H3. The second-order valence-corrected chi connectivity index (χ2v) is 10.3. The van der Waals surface area contributed by atoms with Crippen LogP contribution in [0.15, 0.2) is 54.6 Å². The molecule has 0 bridgehead atoms. The van der Waals surface area contributed by atoms with E-state index in [4.69, 9.17) is 4.74 Å². The normalized spacial score (nSPS) is 19.8. The van der Waals surface area contributed by atoms with Crippen LogP contribution >= 0.6 is 0 Å². The number of ether oxygens (including phenoxy) is 1. The molecule has 0 radical (unpaired) electrons. The summed E-state index contributed by atoms with van der Waals surface area (Å²) in [4.78, 5) is 34.4. The molecule has 8 nitrogen and oxygen atoms in total. The third-order valence-electron chi connectivity index (χ3n) is 7.54. The van der Waals surface area contributed by atoms with E-state index in [1.54, 1.807) is 4.90 Å². The molecule has 190 valence electrons. The quantitative estimate of drug-likeness (QED) is 0.482. The number of carbonyl (C=O) groups excluding carboxylic acids is 2. The summed E-state index contributed by atoms with van der Waals surface area (Å²) in [6.45, 7) is 10.1. The van der Waals surface area contributed by atoms with Crippen LogP contribution in [0.3, 0.4) is 0 Å². The average molecular weight is 498 g/mol. The number of nitrogens with zero attached hydrogens (tertiary/aromatic N) is 5. The third kappa shape index (κ3) is 4.69. The van der Waals surface area contributed by atoms with Gasteiger partial charge in [0, 0.05) is 30.6 Å². The average Bonchev–Trinajstić information content (AvgIpc) is 3.42. The molecule has 8 heteroatoms. The number of aryl methyl sites for hydroxylation is 1. The van der Waals surface area contributed by atoms with Crippen LogP contribution in [0.2, 0.25) is 0 Å². The summed E-state index contributed by atoms with van der Waals surface area (Å²) in [5.41, 5.74) is 4.76. The first-order valence-corrected chi connectivity index (χ1v) is 12.9. The Morgan fingerprint density at radius 2 is 1.92 bits per heavy atom. The number of rotatable bonds is 6. The number of aromatic nitrogens is 3. The van der Waals surface area contributed by atoms with E-state index in [9.17, 15) is 9.59 Å². The highest BCUT2D eigenvalue weighted by Gasteiger charge is 2.39. The van der Waals surface area contributed by atoms with E-state index in [2.05, 4.69) is 45.8 Å². The summed E-state index contributed by atoms with van der Waals surface area (Å²) in [7, 11) is 0. The van der Waals surface area contributed by atoms with Crippen molar-refractivity contribution < 1.29 is 14.3 Å². The minimum Gasteiger partial charge on any atom is -0.489 e. The van der Waals surface area contributed by atoms with Gasteiger partial charge in [0.15, 0.2) is 5.78 Å². The lowest BCUT2D eigenvalue weighted by atomic mass is 9.90. The van der Waals surface area contributed by atoms with Crippen molar-refractivity contribution in [2.75, 3.05) is 6.54 Å². The molecule has 0 spiro atoms. The molecule has 1 aliphatic carbocycles. The zero-order valence-electron chi connectivity index (χ0n) is 21.2. The molecular formula is C29H31N5O3. The molecule has 3 aromatic rings. The smallest absolute Gasteiger partial charge is 0.255 e. The number of hydrogen-bond acceptors (Lipinski definition) is 6. The number of carbonyl (C=O) groups is 2. The Hall–Kier alpha value is -3.78. The van der Waals surface area contributed by atoms with Gasteiger partial charge in [-0.2, -0.15) is 5.10 Å². The van der Waals surface area contributed by atoms with Gasteiger partial charge >= 0.3 is 0 Å². The Balaban J connectivity index is 1.12. The number of hydrogen-bond donors (Lipinski definition) is 0. The molecule has 1 atom stereocenters. The van der Waals surface area contributed by atoms with Crippen molar-refractivity contribution in [1.29, 1.82) is 0 Å². The summed E-state index contributed by atoms with van der Waals surface area (Å²) in [6.07, 6.45) is 1.80. The first-order chi connectivity index (χ1) is 17.9. The Kier molecular flexibility index (Phi) is 6.12. The predicted molar refractivity (Wildman–Crippen MR) is 138 cm³/mol. The molecule has 37 heavy (non-hydrogen) atoms. The predicted octanol–water partition coefficient (Wildman–Crippen LogP) is 3.81. The topological polar surface area (TPSA) is 80.6 Å². The molecule has 3 aliphatic rings. The van der Waals surface area contributed by atoms with Gasteiger partial charge in [0.1, 0.15) is 24.0 Å². The Morgan fingerprint density at radius 3 is 2.78 bits per heavy atom. The maximum absolute atomic E-state index is 13.1. The maximum atomic E-state index is 13.1. The van der Waals surface area contributed by atoms with Crippen LogP contribution in [0.1, 0.15) is 58.0 Å². The number of amides is 1. The van der Waals surface area contributed by atoms with E-state index >= 15 is 0 Å². The van der Waals surface area contributed by atoms with Gasteiger partial charge < -0.3 is 9.64 Å². The van der Waals surface area contributed by atoms with Gasteiger partial charge in [-0.05, 0) is 43.0 Å². The highest BCUT2D eigenvalue weighted by molar-refractivity contribution is 6.02. The molecule has 1 amide bonds. The van der Waals surface area contributed by atoms with Gasteiger partial charge in [0.05, 0.1) is 25.7 Å². The van der Waals surface area contributed by atoms with E-state index in [-0.39, 0.29) is 17.7 Å². The number of Topliss-reactive ketones (excluding diaryl/α,β-unsaturated/α-hetero) is 1. The summed E-state index contributed by atoms with van der Waals surface area (Å²) in [5.74, 6) is 2.55. The fourth-order valence-corrected chi connectivity index (χ4v) is 5.68. The van der Waals surface area contributed by atoms with Crippen LogP contribution in [-0.2, 0) is 37.6 Å². The van der Waals surface area contributed by atoms with Crippen LogP contribution in [0, 0.1) is 6.92 Å². The SMILES string of the molecule is C=C1CCC(N2Cc3c(OCc4cccc(CN5CCn6nc(C)nc6C5)c4)cccc3C2=O)C(=O)C1. The lowest BCUT2D eigenvalue weighted by Crippen LogP contribution is -2.43. The lowest BCUT2D eigenvalue weighted by Gasteiger charge is -2.30. The van der Waals surface area contributed by atoms with Gasteiger partial charge in [0.2, 0.25) is 0 Å². The molecule has 1 fully saturated rings. The van der Waals surface area contributed by atoms with Crippen LogP contribution < -0.4 is 4.74 Å². The molecule has 1 unspecified atom stereocenters. The summed E-state index contributed by atoms with van der Waals surface area (Å²) in [5, 5.41) is 4.45. The minimum absolute atomic E-state index is 0.0825. The molecule has 6 rings (SSSR count). The number of allylic oxidation sites excluding steroid dienone is 1. The van der Waals surface area contributed by atoms with Gasteiger partial charge in [0.25, 0.3) is 5.91 Å². The Morgan fingerprint density at radius 1 is 1.08 bits per heavy atom. The van der Waals surface area contributed by atoms with E-state index in [1.807, 2.05) is 29.8 Å². The number of ketones is 1. The summed E-state index contributed by atoms with van der Waals surface area (Å²) in [6, 6.07) is 13.7. The molecule has 2 aliphatic heterocycles. The van der Waals surface area contributed by atoms with Crippen molar-refractivity contribution in [3.63, 3.8) is 0 Å². The third-order valence-corrected chi connectivity index (χ3v) is 7.54. The van der Waals surface area contributed by atoms with Crippen molar-refractivity contribution in [2.24, 2.45) is 0 Å². The van der Waals surface area contributed by atoms with Crippen LogP contribution in [0.4, 0.5) is 0 Å². The van der Waals surface area contributed by atoms with Crippen molar-refractivity contribution in [3.05, 3.63) is 88.5 Å². The van der Waals surface area contributed by atoms with Crippen molar-refractivity contribution in [2.45, 2.75) is 65.0 Å². The highest BCUT2D eigenvalue weighted by Crippen LogP contribution is 2.35. The minimum atomic E-state index is -0.373. The molecular weight excluding hydrogens is 466 g/mol. The largest absolute Gasteiger partial charge is 0.489 e. The molecule has 1 aromatic heterocycles. The van der Waals surface area contributed by atoms with Crippen LogP contribution in [-0.4, -0.2) is 48.8 Å². The zero-order chi connectivity index (χ0) is 25.5. The number of benzene rings is 2. The maximum Gasteiger partial charge on any atom is 0.255 e. The van der Waals surface area contributed by atoms with Gasteiger partial charge in [-0.3, -0.25) is 14.5 Å². The monoisotopic (exact) mass is 497 g/mol. The summed E-state index contributed by atoms with van der Waals surface area (Å²) < 4.78 is 8.25. The van der Waals surface area contributed by atoms with Crippen molar-refractivity contribution in [1.82, 2.24) is 24.6 Å². The second-order valence-electron chi connectivity index (χ2n) is 10.3. The van der Waals surface area contributed by atoms with E-state index < -0.39 is 0 Å². The van der Waals surface area contributed by atoms with Crippen LogP contribution in [0.5, 0.6) is 5.75 Å². The molecule has 3 heterocycles. The second kappa shape index (κ2) is 9.59. The molecule has 2 aromatic carbocycles. The first-order valence-electron chi connectivity index (χ1n) is 12.9. The fourth-order valence-electron chi connectivity index (χ4n) is 5.68. The van der Waals surface area contributed by atoms with Crippen molar-refractivity contribution >= 4 is 11.7 Å². The number of fused-ring (bicyclic) bond motifs is 2. The van der Waals surface area contributed by atoms with Crippen molar-refractivity contribution in [3.8, 4) is 5.75 Å². The van der Waals surface area contributed by atoms with E-state index in [0.717, 1.165) is 60.9 Å². The lowest BCUT2D eigenvalue weighted by molar-refractivity contribution is -0.124. The highest BCUT2D eigenvalue weighted by atomic mass is 16.5. The fraction of sp³-hybridized carbons (Fsp3) is 0.379. The Labute approximate surface area is 216 Å². The molecule has 0 saturated heterocycles. The molecule has 1 saturated carbocycles. The van der Waals surface area contributed by atoms with Gasteiger partial charge in [-0.15, -0.1) is 0 Å². The first kappa shape index (κ1) is 23.6. The van der Waals surface area contributed by atoms with Gasteiger partial charge in [-0.1, -0.05) is 42.5 Å². The zero-order valence-corrected chi connectivity index (χ0v) is 21.2. The van der Waals surface area contributed by atoms with E-state index in [1.165, 1.54) is 5.56 Å². The molecule has 0 N–H and O–H groups in total. The summed E-state index contributed by atoms with van der Waals surface area (Å²) >= 11 is 0. The Bertz CT molecular complexity index is 1390. The van der Waals surface area contributed by atoms with Crippen LogP contribution in [0.25, 0.3) is 0 Å². The van der Waals surface area contributed by atoms with E-state index in [0.29, 0.717) is 37.3 Å².